The lowest BCUT2D eigenvalue weighted by Gasteiger charge is -2.35. The molecule has 1 N–H and O–H groups in total. The summed E-state index contributed by atoms with van der Waals surface area (Å²) in [6, 6.07) is 4.19. The maximum absolute atomic E-state index is 13.7. The second-order valence-corrected chi connectivity index (χ2v) is 7.54. The molecular formula is C20H23FN4O2. The van der Waals surface area contributed by atoms with E-state index in [4.69, 9.17) is 0 Å². The average Bonchev–Trinajstić information content (AvgIpc) is 3.06. The first-order valence-electron chi connectivity index (χ1n) is 9.37. The van der Waals surface area contributed by atoms with Gasteiger partial charge in [-0.15, -0.1) is 0 Å². The molecule has 1 atom stereocenters. The summed E-state index contributed by atoms with van der Waals surface area (Å²) in [5.41, 5.74) is 2.26. The van der Waals surface area contributed by atoms with Crippen molar-refractivity contribution in [1.29, 1.82) is 0 Å². The summed E-state index contributed by atoms with van der Waals surface area (Å²) in [6.45, 7) is 4.19. The molecule has 1 saturated heterocycles. The number of rotatable bonds is 3. The Morgan fingerprint density at radius 2 is 2.11 bits per heavy atom. The molecule has 2 aromatic rings. The van der Waals surface area contributed by atoms with Crippen LogP contribution >= 0.6 is 0 Å². The first-order valence-corrected chi connectivity index (χ1v) is 9.37. The number of carbonyl (C=O) groups is 2. The predicted molar refractivity (Wildman–Crippen MR) is 98.7 cm³/mol. The van der Waals surface area contributed by atoms with Crippen molar-refractivity contribution in [2.75, 3.05) is 18.4 Å². The van der Waals surface area contributed by atoms with Crippen LogP contribution in [0.15, 0.2) is 30.6 Å². The maximum Gasteiger partial charge on any atom is 0.230 e. The van der Waals surface area contributed by atoms with Crippen molar-refractivity contribution in [2.24, 2.45) is 5.92 Å². The molecule has 0 saturated carbocycles. The lowest BCUT2D eigenvalue weighted by molar-refractivity contribution is -0.136. The third-order valence-electron chi connectivity index (χ3n) is 5.48. The summed E-state index contributed by atoms with van der Waals surface area (Å²) in [5.74, 6) is -0.792. The Morgan fingerprint density at radius 3 is 2.81 bits per heavy atom. The van der Waals surface area contributed by atoms with Crippen LogP contribution in [0.3, 0.4) is 0 Å². The smallest absolute Gasteiger partial charge is 0.230 e. The standard InChI is InChI=1S/C20H23FN4O2/c1-13-10-22-25(11-13)12-14-4-6-24(7-5-14)20(27)17-9-19(26)23-18-3-2-15(21)8-16(17)18/h2-3,8,10-11,14,17H,4-7,9,12H2,1H3,(H,23,26)/t17-/m0/s1. The largest absolute Gasteiger partial charge is 0.342 e. The number of likely N-dealkylation sites (tertiary alicyclic amines) is 1. The minimum atomic E-state index is -0.602. The fraction of sp³-hybridized carbons (Fsp3) is 0.450. The average molecular weight is 370 g/mol. The highest BCUT2D eigenvalue weighted by atomic mass is 19.1. The van der Waals surface area contributed by atoms with Crippen LogP contribution in [0.2, 0.25) is 0 Å². The van der Waals surface area contributed by atoms with E-state index >= 15 is 0 Å². The molecule has 3 heterocycles. The molecule has 2 aliphatic rings. The Kier molecular flexibility index (Phi) is 4.68. The molecule has 1 aromatic carbocycles. The highest BCUT2D eigenvalue weighted by Crippen LogP contribution is 2.35. The monoisotopic (exact) mass is 370 g/mol. The third-order valence-corrected chi connectivity index (χ3v) is 5.48. The number of amides is 2. The van der Waals surface area contributed by atoms with Crippen molar-refractivity contribution in [3.63, 3.8) is 0 Å². The summed E-state index contributed by atoms with van der Waals surface area (Å²) in [5, 5.41) is 7.06. The van der Waals surface area contributed by atoms with Crippen molar-refractivity contribution in [3.8, 4) is 0 Å². The van der Waals surface area contributed by atoms with E-state index in [-0.39, 0.29) is 18.2 Å². The minimum Gasteiger partial charge on any atom is -0.342 e. The van der Waals surface area contributed by atoms with E-state index in [9.17, 15) is 14.0 Å². The molecule has 4 rings (SSSR count). The second-order valence-electron chi connectivity index (χ2n) is 7.54. The first-order chi connectivity index (χ1) is 13.0. The van der Waals surface area contributed by atoms with Crippen molar-refractivity contribution < 1.29 is 14.0 Å². The Hall–Kier alpha value is -2.70. The molecule has 27 heavy (non-hydrogen) atoms. The molecule has 2 aliphatic heterocycles. The Labute approximate surface area is 157 Å². The maximum atomic E-state index is 13.7. The number of hydrogen-bond acceptors (Lipinski definition) is 3. The molecule has 0 aliphatic carbocycles. The number of halogens is 1. The van der Waals surface area contributed by atoms with Crippen molar-refractivity contribution in [3.05, 3.63) is 47.5 Å². The van der Waals surface area contributed by atoms with Gasteiger partial charge in [-0.1, -0.05) is 0 Å². The molecule has 1 fully saturated rings. The van der Waals surface area contributed by atoms with Gasteiger partial charge in [0.15, 0.2) is 0 Å². The number of fused-ring (bicyclic) bond motifs is 1. The van der Waals surface area contributed by atoms with Gasteiger partial charge in [0, 0.05) is 37.9 Å². The van der Waals surface area contributed by atoms with Gasteiger partial charge in [-0.05, 0) is 55.0 Å². The normalized spacial score (nSPS) is 20.3. The molecule has 142 valence electrons. The zero-order valence-electron chi connectivity index (χ0n) is 15.3. The van der Waals surface area contributed by atoms with Crippen LogP contribution in [0.5, 0.6) is 0 Å². The number of anilines is 1. The van der Waals surface area contributed by atoms with E-state index in [1.807, 2.05) is 28.9 Å². The summed E-state index contributed by atoms with van der Waals surface area (Å²) in [6.07, 6.45) is 5.76. The van der Waals surface area contributed by atoms with Crippen molar-refractivity contribution in [2.45, 2.75) is 38.6 Å². The quantitative estimate of drug-likeness (QED) is 0.903. The molecule has 0 spiro atoms. The minimum absolute atomic E-state index is 0.0712. The van der Waals surface area contributed by atoms with Gasteiger partial charge in [-0.25, -0.2) is 4.39 Å². The number of carbonyl (C=O) groups excluding carboxylic acids is 2. The zero-order chi connectivity index (χ0) is 19.0. The molecule has 0 unspecified atom stereocenters. The number of hydrogen-bond donors (Lipinski definition) is 1. The van der Waals surface area contributed by atoms with E-state index in [1.54, 1.807) is 0 Å². The van der Waals surface area contributed by atoms with Crippen molar-refractivity contribution in [1.82, 2.24) is 14.7 Å². The molecule has 1 aromatic heterocycles. The summed E-state index contributed by atoms with van der Waals surface area (Å²) in [4.78, 5) is 26.8. The van der Waals surface area contributed by atoms with Gasteiger partial charge in [-0.2, -0.15) is 5.10 Å². The Bertz CT molecular complexity index is 871. The zero-order valence-corrected chi connectivity index (χ0v) is 15.3. The Morgan fingerprint density at radius 1 is 1.33 bits per heavy atom. The molecule has 6 nitrogen and oxygen atoms in total. The molecule has 0 radical (unpaired) electrons. The van der Waals surface area contributed by atoms with E-state index in [2.05, 4.69) is 10.4 Å². The van der Waals surface area contributed by atoms with Gasteiger partial charge in [0.25, 0.3) is 0 Å². The van der Waals surface area contributed by atoms with Crippen LogP contribution in [0.25, 0.3) is 0 Å². The van der Waals surface area contributed by atoms with Crippen LogP contribution in [0, 0.1) is 18.7 Å². The lowest BCUT2D eigenvalue weighted by atomic mass is 9.88. The lowest BCUT2D eigenvalue weighted by Crippen LogP contribution is -2.43. The highest BCUT2D eigenvalue weighted by molar-refractivity contribution is 6.01. The summed E-state index contributed by atoms with van der Waals surface area (Å²) in [7, 11) is 0. The summed E-state index contributed by atoms with van der Waals surface area (Å²) < 4.78 is 15.6. The summed E-state index contributed by atoms with van der Waals surface area (Å²) >= 11 is 0. The van der Waals surface area contributed by atoms with Gasteiger partial charge in [-0.3, -0.25) is 14.3 Å². The second kappa shape index (κ2) is 7.13. The van der Waals surface area contributed by atoms with Crippen LogP contribution in [0.4, 0.5) is 10.1 Å². The van der Waals surface area contributed by atoms with E-state index < -0.39 is 11.7 Å². The van der Waals surface area contributed by atoms with Gasteiger partial charge >= 0.3 is 0 Å². The Balaban J connectivity index is 1.42. The SMILES string of the molecule is Cc1cnn(CC2CCN(C(=O)[C@H]3CC(=O)Nc4ccc(F)cc43)CC2)c1. The fourth-order valence-corrected chi connectivity index (χ4v) is 4.04. The van der Waals surface area contributed by atoms with Crippen LogP contribution in [-0.2, 0) is 16.1 Å². The molecule has 2 amide bonds. The van der Waals surface area contributed by atoms with Crippen LogP contribution < -0.4 is 5.32 Å². The van der Waals surface area contributed by atoms with Crippen LogP contribution in [0.1, 0.15) is 36.3 Å². The molecule has 7 heteroatoms. The fourth-order valence-electron chi connectivity index (χ4n) is 4.04. The van der Waals surface area contributed by atoms with E-state index in [0.717, 1.165) is 24.9 Å². The van der Waals surface area contributed by atoms with Crippen LogP contribution in [-0.4, -0.2) is 39.6 Å². The van der Waals surface area contributed by atoms with Gasteiger partial charge in [0.05, 0.1) is 12.1 Å². The number of benzene rings is 1. The van der Waals surface area contributed by atoms with Gasteiger partial charge < -0.3 is 10.2 Å². The number of aryl methyl sites for hydroxylation is 1. The van der Waals surface area contributed by atoms with Gasteiger partial charge in [0.1, 0.15) is 5.82 Å². The molecular weight excluding hydrogens is 347 g/mol. The number of nitrogens with zero attached hydrogens (tertiary/aromatic N) is 3. The van der Waals surface area contributed by atoms with Gasteiger partial charge in [0.2, 0.25) is 11.8 Å². The number of piperidine rings is 1. The molecule has 0 bridgehead atoms. The third kappa shape index (κ3) is 3.72. The topological polar surface area (TPSA) is 67.2 Å². The highest BCUT2D eigenvalue weighted by Gasteiger charge is 2.35. The van der Waals surface area contributed by atoms with E-state index in [0.29, 0.717) is 30.3 Å². The number of aromatic nitrogens is 2. The van der Waals surface area contributed by atoms with Crippen molar-refractivity contribution >= 4 is 17.5 Å². The first kappa shape index (κ1) is 17.7. The predicted octanol–water partition coefficient (Wildman–Crippen LogP) is 2.70. The number of nitrogens with one attached hydrogen (secondary N) is 1. The van der Waals surface area contributed by atoms with E-state index in [1.165, 1.54) is 18.2 Å².